The Bertz CT molecular complexity index is 685. The lowest BCUT2D eigenvalue weighted by atomic mass is 10.1. The first kappa shape index (κ1) is 18.7. The third kappa shape index (κ3) is 5.79. The summed E-state index contributed by atoms with van der Waals surface area (Å²) in [7, 11) is 0. The molecule has 0 spiro atoms. The minimum absolute atomic E-state index is 0.198. The first-order valence-corrected chi connectivity index (χ1v) is 10.0. The van der Waals surface area contributed by atoms with Crippen LogP contribution in [-0.4, -0.2) is 23.7 Å². The van der Waals surface area contributed by atoms with E-state index in [2.05, 4.69) is 20.6 Å². The Hall–Kier alpha value is -1.60. The number of aliphatic imine (C=N–C) groups is 1. The van der Waals surface area contributed by atoms with Crippen LogP contribution in [0.4, 0.5) is 4.39 Å². The Morgan fingerprint density at radius 1 is 1.33 bits per heavy atom. The molecule has 4 nitrogen and oxygen atoms in total. The van der Waals surface area contributed by atoms with Crippen LogP contribution in [0.1, 0.15) is 27.9 Å². The van der Waals surface area contributed by atoms with E-state index in [-0.39, 0.29) is 5.82 Å². The van der Waals surface area contributed by atoms with Gasteiger partial charge in [0.2, 0.25) is 0 Å². The SMILES string of the molecule is CCNC(=NCc1ccc(F)cc1CSC)NCc1ncc(C)s1. The first-order chi connectivity index (χ1) is 11.6. The highest BCUT2D eigenvalue weighted by molar-refractivity contribution is 7.97. The number of aryl methyl sites for hydroxylation is 1. The molecule has 1 aromatic heterocycles. The smallest absolute Gasteiger partial charge is 0.191 e. The van der Waals surface area contributed by atoms with Crippen LogP contribution in [0.3, 0.4) is 0 Å². The third-order valence-corrected chi connectivity index (χ3v) is 4.81. The van der Waals surface area contributed by atoms with Gasteiger partial charge in [0, 0.05) is 23.4 Å². The summed E-state index contributed by atoms with van der Waals surface area (Å²) in [5.41, 5.74) is 2.05. The zero-order chi connectivity index (χ0) is 17.4. The molecule has 0 fully saturated rings. The molecular formula is C17H23FN4S2. The van der Waals surface area contributed by atoms with Crippen LogP contribution < -0.4 is 10.6 Å². The number of hydrogen-bond acceptors (Lipinski definition) is 4. The molecule has 0 bridgehead atoms. The molecule has 24 heavy (non-hydrogen) atoms. The highest BCUT2D eigenvalue weighted by Crippen LogP contribution is 2.17. The minimum atomic E-state index is -0.198. The van der Waals surface area contributed by atoms with Gasteiger partial charge >= 0.3 is 0 Å². The van der Waals surface area contributed by atoms with Crippen molar-refractivity contribution in [2.45, 2.75) is 32.7 Å². The molecule has 0 aliphatic heterocycles. The van der Waals surface area contributed by atoms with Gasteiger partial charge in [-0.05, 0) is 43.4 Å². The number of nitrogens with one attached hydrogen (secondary N) is 2. The van der Waals surface area contributed by atoms with Gasteiger partial charge in [-0.2, -0.15) is 11.8 Å². The fraction of sp³-hybridized carbons (Fsp3) is 0.412. The van der Waals surface area contributed by atoms with Gasteiger partial charge in [-0.15, -0.1) is 11.3 Å². The molecule has 0 saturated carbocycles. The van der Waals surface area contributed by atoms with Crippen LogP contribution in [0.5, 0.6) is 0 Å². The van der Waals surface area contributed by atoms with E-state index in [1.165, 1.54) is 10.9 Å². The lowest BCUT2D eigenvalue weighted by Gasteiger charge is -2.11. The van der Waals surface area contributed by atoms with Crippen LogP contribution in [-0.2, 0) is 18.8 Å². The maximum Gasteiger partial charge on any atom is 0.191 e. The van der Waals surface area contributed by atoms with E-state index in [1.54, 1.807) is 29.2 Å². The summed E-state index contributed by atoms with van der Waals surface area (Å²) in [5, 5.41) is 7.55. The van der Waals surface area contributed by atoms with E-state index in [0.717, 1.165) is 34.4 Å². The number of nitrogens with zero attached hydrogens (tertiary/aromatic N) is 2. The quantitative estimate of drug-likeness (QED) is 0.579. The molecule has 0 unspecified atom stereocenters. The summed E-state index contributed by atoms with van der Waals surface area (Å²) in [6.07, 6.45) is 3.89. The Labute approximate surface area is 151 Å². The Morgan fingerprint density at radius 2 is 2.17 bits per heavy atom. The second kappa shape index (κ2) is 9.64. The van der Waals surface area contributed by atoms with Crippen molar-refractivity contribution >= 4 is 29.1 Å². The lowest BCUT2D eigenvalue weighted by molar-refractivity contribution is 0.625. The summed E-state index contributed by atoms with van der Waals surface area (Å²) < 4.78 is 13.4. The molecule has 0 atom stereocenters. The molecule has 2 aromatic rings. The van der Waals surface area contributed by atoms with Gasteiger partial charge in [0.15, 0.2) is 5.96 Å². The Morgan fingerprint density at radius 3 is 2.83 bits per heavy atom. The average Bonchev–Trinajstić information content (AvgIpc) is 2.97. The summed E-state index contributed by atoms with van der Waals surface area (Å²) in [6.45, 7) is 6.02. The number of thiazole rings is 1. The number of guanidine groups is 1. The molecule has 0 saturated heterocycles. The van der Waals surface area contributed by atoms with E-state index in [9.17, 15) is 4.39 Å². The monoisotopic (exact) mass is 366 g/mol. The highest BCUT2D eigenvalue weighted by Gasteiger charge is 2.05. The second-order valence-corrected chi connectivity index (χ2v) is 7.44. The topological polar surface area (TPSA) is 49.3 Å². The van der Waals surface area contributed by atoms with Gasteiger partial charge in [-0.3, -0.25) is 0 Å². The summed E-state index contributed by atoms with van der Waals surface area (Å²) >= 11 is 3.35. The van der Waals surface area contributed by atoms with Crippen molar-refractivity contribution in [2.24, 2.45) is 4.99 Å². The van der Waals surface area contributed by atoms with E-state index >= 15 is 0 Å². The summed E-state index contributed by atoms with van der Waals surface area (Å²) in [5.74, 6) is 1.33. The molecule has 0 aliphatic rings. The molecule has 0 radical (unpaired) electrons. The maximum atomic E-state index is 13.4. The minimum Gasteiger partial charge on any atom is -0.357 e. The predicted molar refractivity (Wildman–Crippen MR) is 102 cm³/mol. The van der Waals surface area contributed by atoms with Gasteiger partial charge < -0.3 is 10.6 Å². The molecule has 7 heteroatoms. The van der Waals surface area contributed by atoms with Crippen molar-refractivity contribution in [2.75, 3.05) is 12.8 Å². The van der Waals surface area contributed by atoms with Gasteiger partial charge in [0.25, 0.3) is 0 Å². The van der Waals surface area contributed by atoms with E-state index in [0.29, 0.717) is 13.1 Å². The fourth-order valence-electron chi connectivity index (χ4n) is 2.19. The number of hydrogen-bond donors (Lipinski definition) is 2. The highest BCUT2D eigenvalue weighted by atomic mass is 32.2. The molecule has 130 valence electrons. The van der Waals surface area contributed by atoms with Gasteiger partial charge in [-0.1, -0.05) is 6.07 Å². The van der Waals surface area contributed by atoms with Crippen LogP contribution >= 0.6 is 23.1 Å². The summed E-state index contributed by atoms with van der Waals surface area (Å²) in [4.78, 5) is 10.2. The average molecular weight is 367 g/mol. The normalized spacial score (nSPS) is 11.6. The summed E-state index contributed by atoms with van der Waals surface area (Å²) in [6, 6.07) is 4.91. The molecule has 0 aliphatic carbocycles. The van der Waals surface area contributed by atoms with Gasteiger partial charge in [0.05, 0.1) is 13.1 Å². The van der Waals surface area contributed by atoms with Crippen molar-refractivity contribution < 1.29 is 4.39 Å². The molecule has 1 aromatic carbocycles. The number of halogens is 1. The zero-order valence-corrected chi connectivity index (χ0v) is 15.9. The van der Waals surface area contributed by atoms with Crippen LogP contribution in [0.2, 0.25) is 0 Å². The van der Waals surface area contributed by atoms with Crippen LogP contribution in [0, 0.1) is 12.7 Å². The Balaban J connectivity index is 2.04. The van der Waals surface area contributed by atoms with E-state index < -0.39 is 0 Å². The van der Waals surface area contributed by atoms with Crippen molar-refractivity contribution in [1.29, 1.82) is 0 Å². The number of rotatable bonds is 7. The van der Waals surface area contributed by atoms with E-state index in [1.807, 2.05) is 32.4 Å². The van der Waals surface area contributed by atoms with Crippen molar-refractivity contribution in [1.82, 2.24) is 15.6 Å². The van der Waals surface area contributed by atoms with E-state index in [4.69, 9.17) is 0 Å². The number of benzene rings is 1. The second-order valence-electron chi connectivity index (χ2n) is 5.26. The van der Waals surface area contributed by atoms with Crippen molar-refractivity contribution in [3.63, 3.8) is 0 Å². The third-order valence-electron chi connectivity index (χ3n) is 3.30. The van der Waals surface area contributed by atoms with Crippen molar-refractivity contribution in [3.05, 3.63) is 51.2 Å². The zero-order valence-electron chi connectivity index (χ0n) is 14.2. The molecule has 2 rings (SSSR count). The van der Waals surface area contributed by atoms with Gasteiger partial charge in [-0.25, -0.2) is 14.4 Å². The predicted octanol–water partition coefficient (Wildman–Crippen LogP) is 3.71. The van der Waals surface area contributed by atoms with Crippen molar-refractivity contribution in [3.8, 4) is 0 Å². The molecular weight excluding hydrogens is 343 g/mol. The fourth-order valence-corrected chi connectivity index (χ4v) is 3.49. The Kier molecular flexibility index (Phi) is 7.52. The number of thioether (sulfide) groups is 1. The molecule has 1 heterocycles. The van der Waals surface area contributed by atoms with Gasteiger partial charge in [0.1, 0.15) is 10.8 Å². The maximum absolute atomic E-state index is 13.4. The standard InChI is InChI=1S/C17H23FN4S2/c1-4-19-17(22-10-16-20-8-12(2)24-16)21-9-13-5-6-15(18)7-14(13)11-23-3/h5-8H,4,9-11H2,1-3H3,(H2,19,21,22). The van der Waals surface area contributed by atoms with Crippen LogP contribution in [0.25, 0.3) is 0 Å². The molecule has 2 N–H and O–H groups in total. The van der Waals surface area contributed by atoms with Crippen LogP contribution in [0.15, 0.2) is 29.4 Å². The molecule has 0 amide bonds. The lowest BCUT2D eigenvalue weighted by Crippen LogP contribution is -2.36. The number of aromatic nitrogens is 1. The first-order valence-electron chi connectivity index (χ1n) is 7.82. The largest absolute Gasteiger partial charge is 0.357 e.